The van der Waals surface area contributed by atoms with Crippen LogP contribution >= 0.6 is 0 Å². The Bertz CT molecular complexity index is 853. The van der Waals surface area contributed by atoms with Crippen molar-refractivity contribution in [3.63, 3.8) is 0 Å². The fourth-order valence-electron chi connectivity index (χ4n) is 3.56. The van der Waals surface area contributed by atoms with E-state index in [4.69, 9.17) is 0 Å². The van der Waals surface area contributed by atoms with Gasteiger partial charge in [0.2, 0.25) is 11.8 Å². The molecule has 2 atom stereocenters. The number of benzene rings is 1. The van der Waals surface area contributed by atoms with Crippen molar-refractivity contribution in [1.29, 1.82) is 0 Å². The molecule has 9 heteroatoms. The van der Waals surface area contributed by atoms with Gasteiger partial charge in [-0.05, 0) is 24.3 Å². The molecule has 2 aliphatic rings. The second-order valence-corrected chi connectivity index (χ2v) is 6.80. The van der Waals surface area contributed by atoms with Crippen molar-refractivity contribution in [2.75, 3.05) is 26.2 Å². The summed E-state index contributed by atoms with van der Waals surface area (Å²) in [6.07, 6.45) is 3.61. The van der Waals surface area contributed by atoms with Gasteiger partial charge in [0.1, 0.15) is 17.9 Å². The van der Waals surface area contributed by atoms with Gasteiger partial charge in [0.25, 0.3) is 0 Å². The summed E-state index contributed by atoms with van der Waals surface area (Å²) in [6, 6.07) is 4.69. The molecule has 2 N–H and O–H groups in total. The number of piperazine rings is 2. The first-order valence-electron chi connectivity index (χ1n) is 8.78. The molecule has 8 nitrogen and oxygen atoms in total. The molecular formula is C18H20FN5O3. The number of nitrogens with one attached hydrogen (secondary N) is 1. The predicted octanol–water partition coefficient (Wildman–Crippen LogP) is -0.485. The van der Waals surface area contributed by atoms with E-state index < -0.39 is 12.1 Å². The summed E-state index contributed by atoms with van der Waals surface area (Å²) in [7, 11) is 0. The van der Waals surface area contributed by atoms with Crippen molar-refractivity contribution in [3.8, 4) is 5.69 Å². The molecule has 2 aromatic rings. The van der Waals surface area contributed by atoms with Gasteiger partial charge in [0.15, 0.2) is 0 Å². The Morgan fingerprint density at radius 1 is 1.22 bits per heavy atom. The number of halogens is 1. The van der Waals surface area contributed by atoms with Crippen LogP contribution in [0.25, 0.3) is 5.69 Å². The largest absolute Gasteiger partial charge is 0.394 e. The monoisotopic (exact) mass is 373 g/mol. The van der Waals surface area contributed by atoms with E-state index in [-0.39, 0.29) is 24.2 Å². The van der Waals surface area contributed by atoms with Crippen molar-refractivity contribution in [3.05, 3.63) is 48.0 Å². The highest BCUT2D eigenvalue weighted by Crippen LogP contribution is 2.18. The molecule has 0 radical (unpaired) electrons. The Hall–Kier alpha value is -2.78. The van der Waals surface area contributed by atoms with E-state index in [0.29, 0.717) is 26.2 Å². The summed E-state index contributed by atoms with van der Waals surface area (Å²) < 4.78 is 14.7. The molecule has 142 valence electrons. The van der Waals surface area contributed by atoms with Gasteiger partial charge in [-0.1, -0.05) is 0 Å². The summed E-state index contributed by atoms with van der Waals surface area (Å²) in [5, 5.41) is 16.1. The molecule has 1 aromatic heterocycles. The summed E-state index contributed by atoms with van der Waals surface area (Å²) >= 11 is 0. The highest BCUT2D eigenvalue weighted by atomic mass is 19.1. The third kappa shape index (κ3) is 3.43. The van der Waals surface area contributed by atoms with Gasteiger partial charge in [-0.15, -0.1) is 0 Å². The first-order valence-corrected chi connectivity index (χ1v) is 8.78. The lowest BCUT2D eigenvalue weighted by Gasteiger charge is -2.44. The molecule has 2 aliphatic heterocycles. The number of carbonyl (C=O) groups is 2. The number of rotatable bonds is 4. The average molecular weight is 373 g/mol. The Balaban J connectivity index is 1.42. The minimum absolute atomic E-state index is 0.231. The van der Waals surface area contributed by atoms with Gasteiger partial charge in [-0.2, -0.15) is 5.10 Å². The highest BCUT2D eigenvalue weighted by Gasteiger charge is 2.43. The van der Waals surface area contributed by atoms with Gasteiger partial charge < -0.3 is 15.3 Å². The van der Waals surface area contributed by atoms with E-state index in [1.54, 1.807) is 27.9 Å². The topological polar surface area (TPSA) is 90.7 Å². The van der Waals surface area contributed by atoms with Crippen LogP contribution in [-0.4, -0.2) is 74.8 Å². The third-order valence-electron chi connectivity index (χ3n) is 4.98. The number of aliphatic hydroxyl groups is 1. The van der Waals surface area contributed by atoms with Gasteiger partial charge in [0.05, 0.1) is 18.5 Å². The van der Waals surface area contributed by atoms with Crippen LogP contribution in [0.15, 0.2) is 36.7 Å². The minimum Gasteiger partial charge on any atom is -0.394 e. The zero-order valence-electron chi connectivity index (χ0n) is 14.6. The molecule has 0 bridgehead atoms. The Morgan fingerprint density at radius 2 is 2.00 bits per heavy atom. The number of hydrogen-bond donors (Lipinski definition) is 2. The van der Waals surface area contributed by atoms with Crippen molar-refractivity contribution < 1.29 is 19.1 Å². The number of hydrogen-bond acceptors (Lipinski definition) is 5. The Kier molecular flexibility index (Phi) is 4.63. The smallest absolute Gasteiger partial charge is 0.248 e. The lowest BCUT2D eigenvalue weighted by Crippen LogP contribution is -2.69. The molecule has 2 saturated heterocycles. The molecule has 27 heavy (non-hydrogen) atoms. The lowest BCUT2D eigenvalue weighted by atomic mass is 10.0. The molecule has 2 fully saturated rings. The normalized spacial score (nSPS) is 23.3. The lowest BCUT2D eigenvalue weighted by molar-refractivity contribution is -0.154. The number of carbonyl (C=O) groups excluding carboxylic acids is 2. The van der Waals surface area contributed by atoms with E-state index in [1.807, 2.05) is 6.20 Å². The summed E-state index contributed by atoms with van der Waals surface area (Å²) in [5.74, 6) is -0.765. The maximum atomic E-state index is 13.0. The Labute approximate surface area is 155 Å². The molecule has 1 aromatic carbocycles. The van der Waals surface area contributed by atoms with Crippen molar-refractivity contribution in [2.45, 2.75) is 18.6 Å². The summed E-state index contributed by atoms with van der Waals surface area (Å²) in [6.45, 7) is 1.71. The number of nitrogens with zero attached hydrogens (tertiary/aromatic N) is 4. The van der Waals surface area contributed by atoms with E-state index in [0.717, 1.165) is 11.3 Å². The van der Waals surface area contributed by atoms with Gasteiger partial charge in [0, 0.05) is 37.9 Å². The first kappa shape index (κ1) is 17.6. The summed E-state index contributed by atoms with van der Waals surface area (Å²) in [5.41, 5.74) is 1.73. The van der Waals surface area contributed by atoms with Crippen LogP contribution < -0.4 is 5.32 Å². The van der Waals surface area contributed by atoms with Crippen LogP contribution in [0.2, 0.25) is 0 Å². The van der Waals surface area contributed by atoms with Crippen LogP contribution in [0.5, 0.6) is 0 Å². The number of amides is 2. The first-order chi connectivity index (χ1) is 13.0. The quantitative estimate of drug-likeness (QED) is 0.755. The molecule has 0 saturated carbocycles. The summed E-state index contributed by atoms with van der Waals surface area (Å²) in [4.78, 5) is 28.2. The van der Waals surface area contributed by atoms with Crippen LogP contribution in [0.4, 0.5) is 4.39 Å². The van der Waals surface area contributed by atoms with E-state index >= 15 is 0 Å². The van der Waals surface area contributed by atoms with Crippen molar-refractivity contribution >= 4 is 11.8 Å². The van der Waals surface area contributed by atoms with E-state index in [9.17, 15) is 19.1 Å². The molecular weight excluding hydrogens is 353 g/mol. The molecule has 2 amide bonds. The third-order valence-corrected chi connectivity index (χ3v) is 4.98. The number of aliphatic hydroxyl groups excluding tert-OH is 1. The fourth-order valence-corrected chi connectivity index (χ4v) is 3.56. The van der Waals surface area contributed by atoms with Gasteiger partial charge in [-0.25, -0.2) is 9.07 Å². The van der Waals surface area contributed by atoms with Crippen molar-refractivity contribution in [1.82, 2.24) is 24.9 Å². The van der Waals surface area contributed by atoms with Gasteiger partial charge in [-0.3, -0.25) is 14.5 Å². The van der Waals surface area contributed by atoms with Gasteiger partial charge >= 0.3 is 0 Å². The van der Waals surface area contributed by atoms with Crippen LogP contribution in [-0.2, 0) is 16.1 Å². The van der Waals surface area contributed by atoms with E-state index in [1.165, 1.54) is 12.1 Å². The second-order valence-electron chi connectivity index (χ2n) is 6.80. The minimum atomic E-state index is -0.839. The molecule has 0 aliphatic carbocycles. The number of aromatic nitrogens is 2. The Morgan fingerprint density at radius 3 is 2.74 bits per heavy atom. The van der Waals surface area contributed by atoms with Crippen molar-refractivity contribution in [2.24, 2.45) is 0 Å². The van der Waals surface area contributed by atoms with Crippen LogP contribution in [0.1, 0.15) is 5.56 Å². The zero-order chi connectivity index (χ0) is 19.0. The second kappa shape index (κ2) is 7.09. The predicted molar refractivity (Wildman–Crippen MR) is 93.3 cm³/mol. The molecule has 0 spiro atoms. The highest BCUT2D eigenvalue weighted by molar-refractivity contribution is 5.97. The van der Waals surface area contributed by atoms with Crippen LogP contribution in [0, 0.1) is 5.82 Å². The SMILES string of the molecule is O=C1N[C@H](CO)C(=O)N2CCN(Cc3cnn(-c4ccc(F)cc4)c3)C[C@H]12. The van der Waals surface area contributed by atoms with E-state index in [2.05, 4.69) is 15.3 Å². The average Bonchev–Trinajstić information content (AvgIpc) is 3.13. The molecule has 3 heterocycles. The number of fused-ring (bicyclic) bond motifs is 1. The maximum absolute atomic E-state index is 13.0. The maximum Gasteiger partial charge on any atom is 0.248 e. The van der Waals surface area contributed by atoms with Crippen LogP contribution in [0.3, 0.4) is 0 Å². The molecule has 0 unspecified atom stereocenters. The standard InChI is InChI=1S/C18H20FN5O3/c19-13-1-3-14(4-2-13)24-9-12(7-20-24)8-22-5-6-23-16(10-22)17(26)21-15(11-25)18(23)27/h1-4,7,9,15-16,25H,5-6,8,10-11H2,(H,21,26)/t15-,16-/m1/s1. The fraction of sp³-hybridized carbons (Fsp3) is 0.389. The molecule has 4 rings (SSSR count). The zero-order valence-corrected chi connectivity index (χ0v) is 14.6.